The molecular formula is C14H21NO6. The smallest absolute Gasteiger partial charge is 0.404 e. The third kappa shape index (κ3) is 10.2. The van der Waals surface area contributed by atoms with Crippen LogP contribution in [0.25, 0.3) is 0 Å². The summed E-state index contributed by atoms with van der Waals surface area (Å²) in [5, 5.41) is 0. The summed E-state index contributed by atoms with van der Waals surface area (Å²) in [6.07, 6.45) is 1.54. The molecule has 0 saturated heterocycles. The van der Waals surface area contributed by atoms with Crippen molar-refractivity contribution < 1.29 is 28.6 Å². The monoisotopic (exact) mass is 299 g/mol. The summed E-state index contributed by atoms with van der Waals surface area (Å²) >= 11 is 0. The Morgan fingerprint density at radius 1 is 1.00 bits per heavy atom. The summed E-state index contributed by atoms with van der Waals surface area (Å²) in [6, 6.07) is 0. The lowest BCUT2D eigenvalue weighted by Crippen LogP contribution is -2.15. The van der Waals surface area contributed by atoms with E-state index in [0.717, 1.165) is 0 Å². The van der Waals surface area contributed by atoms with Crippen molar-refractivity contribution in [1.82, 2.24) is 0 Å². The Morgan fingerprint density at radius 2 is 1.57 bits per heavy atom. The normalized spacial score (nSPS) is 10.7. The van der Waals surface area contributed by atoms with Gasteiger partial charge in [0.1, 0.15) is 0 Å². The van der Waals surface area contributed by atoms with Crippen molar-refractivity contribution >= 4 is 18.0 Å². The molecule has 0 unspecified atom stereocenters. The number of carbonyl (C=O) groups is 3. The molecule has 0 aliphatic rings. The van der Waals surface area contributed by atoms with Gasteiger partial charge in [0.05, 0.1) is 19.8 Å². The first-order valence-electron chi connectivity index (χ1n) is 6.43. The van der Waals surface area contributed by atoms with E-state index in [-0.39, 0.29) is 19.8 Å². The fourth-order valence-electron chi connectivity index (χ4n) is 1.14. The first-order chi connectivity index (χ1) is 9.84. The molecule has 0 fully saturated rings. The lowest BCUT2D eigenvalue weighted by Gasteiger charge is -2.05. The highest BCUT2D eigenvalue weighted by Gasteiger charge is 2.06. The van der Waals surface area contributed by atoms with Crippen LogP contribution in [0.2, 0.25) is 0 Å². The summed E-state index contributed by atoms with van der Waals surface area (Å²) in [5.41, 5.74) is 5.51. The van der Waals surface area contributed by atoms with Gasteiger partial charge < -0.3 is 19.9 Å². The van der Waals surface area contributed by atoms with Crippen LogP contribution in [0, 0.1) is 0 Å². The molecule has 0 aromatic rings. The van der Waals surface area contributed by atoms with Crippen molar-refractivity contribution in [1.29, 1.82) is 0 Å². The van der Waals surface area contributed by atoms with Gasteiger partial charge in [-0.05, 0) is 13.8 Å². The van der Waals surface area contributed by atoms with Gasteiger partial charge >= 0.3 is 18.0 Å². The van der Waals surface area contributed by atoms with E-state index in [1.807, 2.05) is 0 Å². The van der Waals surface area contributed by atoms with Gasteiger partial charge in [-0.2, -0.15) is 0 Å². The Bertz CT molecular complexity index is 427. The molecule has 0 atom stereocenters. The number of esters is 2. The maximum atomic E-state index is 11.5. The van der Waals surface area contributed by atoms with E-state index in [2.05, 4.69) is 11.3 Å². The molecular weight excluding hydrogens is 278 g/mol. The number of nitrogens with two attached hydrogens (primary N) is 1. The van der Waals surface area contributed by atoms with E-state index < -0.39 is 18.0 Å². The maximum absolute atomic E-state index is 11.5. The Kier molecular flexibility index (Phi) is 9.32. The quantitative estimate of drug-likeness (QED) is 0.299. The molecule has 21 heavy (non-hydrogen) atoms. The molecule has 0 spiro atoms. The lowest BCUT2D eigenvalue weighted by atomic mass is 10.2. The zero-order valence-electron chi connectivity index (χ0n) is 12.3. The Labute approximate surface area is 123 Å². The fraction of sp³-hybridized carbons (Fsp3) is 0.500. The molecule has 0 rings (SSSR count). The first-order valence-corrected chi connectivity index (χ1v) is 6.43. The predicted octanol–water partition coefficient (Wildman–Crippen LogP) is 1.47. The largest absolute Gasteiger partial charge is 0.462 e. The molecule has 7 nitrogen and oxygen atoms in total. The first kappa shape index (κ1) is 18.7. The maximum Gasteiger partial charge on any atom is 0.404 e. The summed E-state index contributed by atoms with van der Waals surface area (Å²) in [4.78, 5) is 32.9. The van der Waals surface area contributed by atoms with Gasteiger partial charge in [-0.3, -0.25) is 0 Å². The molecule has 0 aliphatic heterocycles. The summed E-state index contributed by atoms with van der Waals surface area (Å²) in [6.45, 7) is 7.01. The van der Waals surface area contributed by atoms with Crippen molar-refractivity contribution in [3.05, 3.63) is 23.8 Å². The minimum absolute atomic E-state index is 0.0994. The predicted molar refractivity (Wildman–Crippen MR) is 75.3 cm³/mol. The summed E-state index contributed by atoms with van der Waals surface area (Å²) in [5.74, 6) is -0.932. The molecule has 0 aliphatic carbocycles. The van der Waals surface area contributed by atoms with Gasteiger partial charge in [0, 0.05) is 24.0 Å². The van der Waals surface area contributed by atoms with Gasteiger partial charge in [-0.15, -0.1) is 0 Å². The molecule has 7 heteroatoms. The van der Waals surface area contributed by atoms with Gasteiger partial charge in [0.15, 0.2) is 0 Å². The van der Waals surface area contributed by atoms with Crippen LogP contribution >= 0.6 is 0 Å². The van der Waals surface area contributed by atoms with Crippen LogP contribution in [0.1, 0.15) is 26.7 Å². The van der Waals surface area contributed by atoms with Crippen LogP contribution in [0.5, 0.6) is 0 Å². The average molecular weight is 299 g/mol. The van der Waals surface area contributed by atoms with Gasteiger partial charge in [-0.25, -0.2) is 14.4 Å². The number of ether oxygens (including phenoxy) is 3. The van der Waals surface area contributed by atoms with E-state index in [1.165, 1.54) is 0 Å². The SMILES string of the molecule is C=C(C)C(=O)OCC/C=C(\C)C(=O)OCCCOC(N)=O. The number of primary amides is 1. The second-order valence-electron chi connectivity index (χ2n) is 4.25. The minimum atomic E-state index is -0.860. The van der Waals surface area contributed by atoms with E-state index >= 15 is 0 Å². The molecule has 0 aromatic carbocycles. The molecule has 2 N–H and O–H groups in total. The van der Waals surface area contributed by atoms with Crippen LogP contribution in [0.3, 0.4) is 0 Å². The molecule has 0 heterocycles. The van der Waals surface area contributed by atoms with E-state index in [4.69, 9.17) is 15.2 Å². The molecule has 0 aromatic heterocycles. The van der Waals surface area contributed by atoms with Crippen molar-refractivity contribution in [2.75, 3.05) is 19.8 Å². The Hall–Kier alpha value is -2.31. The van der Waals surface area contributed by atoms with E-state index in [1.54, 1.807) is 19.9 Å². The lowest BCUT2D eigenvalue weighted by molar-refractivity contribution is -0.139. The van der Waals surface area contributed by atoms with Crippen molar-refractivity contribution in [3.8, 4) is 0 Å². The van der Waals surface area contributed by atoms with Crippen molar-refractivity contribution in [2.45, 2.75) is 26.7 Å². The zero-order valence-corrected chi connectivity index (χ0v) is 12.3. The van der Waals surface area contributed by atoms with E-state index in [0.29, 0.717) is 24.0 Å². The zero-order chi connectivity index (χ0) is 16.3. The third-order valence-corrected chi connectivity index (χ3v) is 2.24. The molecule has 0 radical (unpaired) electrons. The van der Waals surface area contributed by atoms with Crippen LogP contribution in [0.4, 0.5) is 4.79 Å². The highest BCUT2D eigenvalue weighted by atomic mass is 16.6. The number of hydrogen-bond acceptors (Lipinski definition) is 6. The van der Waals surface area contributed by atoms with E-state index in [9.17, 15) is 14.4 Å². The summed E-state index contributed by atoms with van der Waals surface area (Å²) in [7, 11) is 0. The summed E-state index contributed by atoms with van der Waals surface area (Å²) < 4.78 is 14.3. The van der Waals surface area contributed by atoms with Gasteiger partial charge in [0.2, 0.25) is 0 Å². The highest BCUT2D eigenvalue weighted by molar-refractivity contribution is 5.88. The number of rotatable bonds is 9. The third-order valence-electron chi connectivity index (χ3n) is 2.24. The minimum Gasteiger partial charge on any atom is -0.462 e. The van der Waals surface area contributed by atoms with Crippen LogP contribution in [0.15, 0.2) is 23.8 Å². The highest BCUT2D eigenvalue weighted by Crippen LogP contribution is 2.01. The standard InChI is InChI=1S/C14H21NO6/c1-10(2)12(16)19-7-4-6-11(3)13(17)20-8-5-9-21-14(15)18/h6H,1,4-5,7-9H2,2-3H3,(H2,15,18)/b11-6+. The van der Waals surface area contributed by atoms with Crippen LogP contribution in [-0.2, 0) is 23.8 Å². The molecule has 1 amide bonds. The second-order valence-corrected chi connectivity index (χ2v) is 4.25. The van der Waals surface area contributed by atoms with Crippen molar-refractivity contribution in [2.24, 2.45) is 5.73 Å². The molecule has 0 saturated carbocycles. The fourth-order valence-corrected chi connectivity index (χ4v) is 1.14. The Balaban J connectivity index is 3.82. The molecule has 0 bridgehead atoms. The van der Waals surface area contributed by atoms with Gasteiger partial charge in [0.25, 0.3) is 0 Å². The van der Waals surface area contributed by atoms with Crippen LogP contribution < -0.4 is 5.73 Å². The van der Waals surface area contributed by atoms with Crippen LogP contribution in [-0.4, -0.2) is 37.9 Å². The van der Waals surface area contributed by atoms with Crippen molar-refractivity contribution in [3.63, 3.8) is 0 Å². The number of hydrogen-bond donors (Lipinski definition) is 1. The Morgan fingerprint density at radius 3 is 2.14 bits per heavy atom. The average Bonchev–Trinajstić information content (AvgIpc) is 2.41. The number of carbonyl (C=O) groups excluding carboxylic acids is 3. The number of amides is 1. The topological polar surface area (TPSA) is 105 Å². The molecule has 118 valence electrons. The second kappa shape index (κ2) is 10.5. The van der Waals surface area contributed by atoms with Gasteiger partial charge in [-0.1, -0.05) is 12.7 Å².